The lowest BCUT2D eigenvalue weighted by molar-refractivity contribution is -0.188. The van der Waals surface area contributed by atoms with E-state index in [-0.39, 0.29) is 35.1 Å². The van der Waals surface area contributed by atoms with Gasteiger partial charge in [0.15, 0.2) is 6.61 Å². The van der Waals surface area contributed by atoms with Gasteiger partial charge in [-0.25, -0.2) is 13.5 Å². The van der Waals surface area contributed by atoms with E-state index in [1.165, 1.54) is 29.2 Å². The summed E-state index contributed by atoms with van der Waals surface area (Å²) in [7, 11) is 0. The number of ether oxygens (including phenoxy) is 1. The van der Waals surface area contributed by atoms with Gasteiger partial charge in [0, 0.05) is 11.6 Å². The van der Waals surface area contributed by atoms with Gasteiger partial charge >= 0.3 is 6.18 Å². The van der Waals surface area contributed by atoms with E-state index in [2.05, 4.69) is 15.5 Å². The van der Waals surface area contributed by atoms with Gasteiger partial charge in [-0.15, -0.1) is 5.10 Å². The second-order valence-corrected chi connectivity index (χ2v) is 9.58. The molecule has 0 aliphatic heterocycles. The maximum Gasteiger partial charge on any atom is 0.422 e. The zero-order valence-electron chi connectivity index (χ0n) is 17.9. The maximum absolute atomic E-state index is 14.7. The first-order chi connectivity index (χ1) is 16.0. The highest BCUT2D eigenvalue weighted by Crippen LogP contribution is 2.76. The van der Waals surface area contributed by atoms with Gasteiger partial charge in [-0.1, -0.05) is 18.2 Å². The molecule has 3 fully saturated rings. The number of hydrogen-bond acceptors (Lipinski definition) is 5. The van der Waals surface area contributed by atoms with Crippen molar-refractivity contribution in [1.29, 1.82) is 0 Å². The summed E-state index contributed by atoms with van der Waals surface area (Å²) in [6.45, 7) is -1.44. The Kier molecular flexibility index (Phi) is 5.16. The van der Waals surface area contributed by atoms with Crippen LogP contribution in [0.15, 0.2) is 48.8 Å². The quantitative estimate of drug-likeness (QED) is 0.487. The molecule has 0 saturated heterocycles. The van der Waals surface area contributed by atoms with Gasteiger partial charge in [-0.2, -0.15) is 13.2 Å². The Balaban J connectivity index is 1.30. The first kappa shape index (κ1) is 22.7. The molecule has 6 rings (SSSR count). The summed E-state index contributed by atoms with van der Waals surface area (Å²) in [5, 5.41) is 22.5. The van der Waals surface area contributed by atoms with E-state index < -0.39 is 30.0 Å². The van der Waals surface area contributed by atoms with Gasteiger partial charge in [0.25, 0.3) is 0 Å². The van der Waals surface area contributed by atoms with Crippen LogP contribution in [0, 0.1) is 17.0 Å². The Labute approximate surface area is 191 Å². The summed E-state index contributed by atoms with van der Waals surface area (Å²) in [4.78, 5) is 0. The number of nitrogens with zero attached hydrogens (tertiary/aromatic N) is 4. The van der Waals surface area contributed by atoms with Crippen molar-refractivity contribution in [2.24, 2.45) is 5.41 Å². The molecule has 3 saturated carbocycles. The predicted molar refractivity (Wildman–Crippen MR) is 109 cm³/mol. The molecule has 6 nitrogen and oxygen atoms in total. The van der Waals surface area contributed by atoms with Crippen LogP contribution in [0.5, 0.6) is 5.75 Å². The molecule has 1 atom stereocenters. The largest absolute Gasteiger partial charge is 0.484 e. The van der Waals surface area contributed by atoms with Gasteiger partial charge in [0.2, 0.25) is 0 Å². The molecule has 0 amide bonds. The van der Waals surface area contributed by atoms with Crippen LogP contribution in [-0.2, 0) is 17.6 Å². The molecule has 2 aromatic carbocycles. The SMILES string of the molecule is OC(Cn1cnnn1)(CC12CC(c3ccc(OCC(F)(F)F)cc3)(C1)C2)c1ccc(F)cc1F. The summed E-state index contributed by atoms with van der Waals surface area (Å²) >= 11 is 0. The van der Waals surface area contributed by atoms with Crippen molar-refractivity contribution in [1.82, 2.24) is 20.2 Å². The van der Waals surface area contributed by atoms with Crippen LogP contribution in [0.4, 0.5) is 22.0 Å². The Morgan fingerprint density at radius 3 is 2.32 bits per heavy atom. The molecule has 1 aromatic heterocycles. The van der Waals surface area contributed by atoms with Crippen molar-refractivity contribution in [2.45, 2.75) is 49.4 Å². The van der Waals surface area contributed by atoms with Gasteiger partial charge in [-0.3, -0.25) is 0 Å². The minimum absolute atomic E-state index is 0.0191. The molecule has 0 radical (unpaired) electrons. The average molecular weight is 480 g/mol. The second kappa shape index (κ2) is 7.72. The van der Waals surface area contributed by atoms with Crippen LogP contribution in [-0.4, -0.2) is 38.1 Å². The third-order valence-electron chi connectivity index (χ3n) is 6.92. The Hall–Kier alpha value is -3.08. The fourth-order valence-electron chi connectivity index (χ4n) is 5.81. The Morgan fingerprint density at radius 1 is 1.03 bits per heavy atom. The van der Waals surface area contributed by atoms with E-state index in [9.17, 15) is 27.1 Å². The number of halogens is 5. The fraction of sp³-hybridized carbons (Fsp3) is 0.435. The van der Waals surface area contributed by atoms with Gasteiger partial charge in [0.1, 0.15) is 29.3 Å². The van der Waals surface area contributed by atoms with Gasteiger partial charge in [-0.05, 0) is 70.7 Å². The van der Waals surface area contributed by atoms with E-state index in [4.69, 9.17) is 4.74 Å². The van der Waals surface area contributed by atoms with Gasteiger partial charge in [0.05, 0.1) is 6.54 Å². The normalized spacial score (nSPS) is 25.2. The number of rotatable bonds is 8. The molecule has 1 heterocycles. The van der Waals surface area contributed by atoms with Crippen molar-refractivity contribution in [3.05, 3.63) is 71.6 Å². The number of benzene rings is 2. The van der Waals surface area contributed by atoms with Crippen molar-refractivity contribution in [3.63, 3.8) is 0 Å². The van der Waals surface area contributed by atoms with Crippen molar-refractivity contribution in [2.75, 3.05) is 6.61 Å². The smallest absolute Gasteiger partial charge is 0.422 e. The summed E-state index contributed by atoms with van der Waals surface area (Å²) in [6, 6.07) is 9.67. The van der Waals surface area contributed by atoms with Crippen LogP contribution >= 0.6 is 0 Å². The van der Waals surface area contributed by atoms with Crippen LogP contribution in [0.1, 0.15) is 36.8 Å². The Bertz CT molecular complexity index is 1160. The zero-order valence-corrected chi connectivity index (χ0v) is 17.9. The van der Waals surface area contributed by atoms with Crippen LogP contribution in [0.25, 0.3) is 0 Å². The minimum atomic E-state index is -4.40. The highest BCUT2D eigenvalue weighted by molar-refractivity contribution is 5.42. The molecule has 2 bridgehead atoms. The maximum atomic E-state index is 14.7. The van der Waals surface area contributed by atoms with Crippen LogP contribution in [0.2, 0.25) is 0 Å². The summed E-state index contributed by atoms with van der Waals surface area (Å²) in [5.41, 5.74) is -1.05. The molecule has 1 unspecified atom stereocenters. The molecular weight excluding hydrogens is 459 g/mol. The topological polar surface area (TPSA) is 73.1 Å². The van der Waals surface area contributed by atoms with Crippen LogP contribution in [0.3, 0.4) is 0 Å². The number of alkyl halides is 3. The summed E-state index contributed by atoms with van der Waals surface area (Å²) in [5.74, 6) is -1.44. The van der Waals surface area contributed by atoms with Crippen molar-refractivity contribution < 1.29 is 31.8 Å². The molecule has 3 aromatic rings. The molecule has 34 heavy (non-hydrogen) atoms. The molecule has 180 valence electrons. The van der Waals surface area contributed by atoms with Crippen LogP contribution < -0.4 is 4.74 Å². The van der Waals surface area contributed by atoms with Crippen molar-refractivity contribution >= 4 is 0 Å². The highest BCUT2D eigenvalue weighted by atomic mass is 19.4. The number of aliphatic hydroxyl groups is 1. The lowest BCUT2D eigenvalue weighted by Gasteiger charge is -2.72. The number of hydrogen-bond donors (Lipinski definition) is 1. The van der Waals surface area contributed by atoms with E-state index in [0.29, 0.717) is 0 Å². The highest BCUT2D eigenvalue weighted by Gasteiger charge is 2.69. The van der Waals surface area contributed by atoms with E-state index in [1.54, 1.807) is 12.1 Å². The second-order valence-electron chi connectivity index (χ2n) is 9.58. The first-order valence-corrected chi connectivity index (χ1v) is 10.7. The monoisotopic (exact) mass is 480 g/mol. The summed E-state index contributed by atoms with van der Waals surface area (Å²) < 4.78 is 71.3. The standard InChI is InChI=1S/C23H21F5N4O2/c24-16-3-6-18(19(25)7-16)22(33,12-32-14-29-30-31-32)11-20-8-21(9-20,10-20)15-1-4-17(5-2-15)34-13-23(26,27)28/h1-7,14,33H,8-13H2. The Morgan fingerprint density at radius 2 is 1.74 bits per heavy atom. The van der Waals surface area contributed by atoms with E-state index in [1.807, 2.05) is 0 Å². The van der Waals surface area contributed by atoms with E-state index in [0.717, 1.165) is 37.0 Å². The third kappa shape index (κ3) is 4.13. The molecule has 11 heteroatoms. The third-order valence-corrected chi connectivity index (χ3v) is 6.92. The number of tetrazole rings is 1. The molecule has 3 aliphatic rings. The first-order valence-electron chi connectivity index (χ1n) is 10.7. The fourth-order valence-corrected chi connectivity index (χ4v) is 5.81. The molecule has 3 aliphatic carbocycles. The van der Waals surface area contributed by atoms with Crippen molar-refractivity contribution in [3.8, 4) is 5.75 Å². The predicted octanol–water partition coefficient (Wildman–Crippen LogP) is 4.29. The average Bonchev–Trinajstić information content (AvgIpc) is 3.20. The lowest BCUT2D eigenvalue weighted by Crippen LogP contribution is -2.66. The summed E-state index contributed by atoms with van der Waals surface area (Å²) in [6.07, 6.45) is -0.631. The minimum Gasteiger partial charge on any atom is -0.484 e. The lowest BCUT2D eigenvalue weighted by atomic mass is 9.32. The van der Waals surface area contributed by atoms with Gasteiger partial charge < -0.3 is 9.84 Å². The molecule has 0 spiro atoms. The van der Waals surface area contributed by atoms with E-state index >= 15 is 0 Å². The number of aromatic nitrogens is 4. The molecule has 1 N–H and O–H groups in total. The zero-order chi connectivity index (χ0) is 24.2. The molecular formula is C23H21F5N4O2.